The van der Waals surface area contributed by atoms with Gasteiger partial charge < -0.3 is 10.2 Å². The Balaban J connectivity index is 1.42. The molecule has 0 atom stereocenters. The number of fused-ring (bicyclic) bond motifs is 1. The van der Waals surface area contributed by atoms with E-state index in [1.165, 1.54) is 6.92 Å². The highest BCUT2D eigenvalue weighted by molar-refractivity contribution is 5.90. The molecule has 0 saturated carbocycles. The number of likely N-dealkylation sites (tertiary alicyclic amines) is 1. The third-order valence-electron chi connectivity index (χ3n) is 5.98. The van der Waals surface area contributed by atoms with E-state index < -0.39 is 0 Å². The van der Waals surface area contributed by atoms with Gasteiger partial charge in [-0.3, -0.25) is 19.7 Å². The molecule has 178 valence electrons. The molecule has 0 bridgehead atoms. The first-order chi connectivity index (χ1) is 16.3. The zero-order chi connectivity index (χ0) is 24.2. The van der Waals surface area contributed by atoms with Crippen molar-refractivity contribution in [1.82, 2.24) is 24.8 Å². The van der Waals surface area contributed by atoms with Crippen molar-refractivity contribution >= 4 is 29.3 Å². The summed E-state index contributed by atoms with van der Waals surface area (Å²) in [7, 11) is 0. The van der Waals surface area contributed by atoms with Crippen LogP contribution in [-0.4, -0.2) is 56.4 Å². The maximum Gasteiger partial charge on any atom is 0.249 e. The minimum Gasteiger partial charge on any atom is -0.353 e. The van der Waals surface area contributed by atoms with Crippen LogP contribution in [0.4, 0.5) is 5.95 Å². The van der Waals surface area contributed by atoms with Crippen molar-refractivity contribution in [2.24, 2.45) is 5.92 Å². The molecule has 3 heterocycles. The van der Waals surface area contributed by atoms with E-state index in [2.05, 4.69) is 20.7 Å². The van der Waals surface area contributed by atoms with Gasteiger partial charge in [-0.1, -0.05) is 44.2 Å². The largest absolute Gasteiger partial charge is 0.353 e. The maximum atomic E-state index is 12.7. The van der Waals surface area contributed by atoms with Gasteiger partial charge in [0.15, 0.2) is 5.65 Å². The number of nitrogens with one attached hydrogen (secondary N) is 2. The van der Waals surface area contributed by atoms with Gasteiger partial charge in [-0.15, -0.1) is 5.10 Å². The molecule has 0 unspecified atom stereocenters. The van der Waals surface area contributed by atoms with Gasteiger partial charge in [-0.25, -0.2) is 4.52 Å². The van der Waals surface area contributed by atoms with Crippen LogP contribution in [-0.2, 0) is 20.8 Å². The zero-order valence-electron chi connectivity index (χ0n) is 19.7. The van der Waals surface area contributed by atoms with Crippen molar-refractivity contribution in [1.29, 1.82) is 0 Å². The fourth-order valence-electron chi connectivity index (χ4n) is 4.07. The fourth-order valence-corrected chi connectivity index (χ4v) is 4.07. The molecule has 0 radical (unpaired) electrons. The summed E-state index contributed by atoms with van der Waals surface area (Å²) in [6.45, 7) is 6.47. The van der Waals surface area contributed by atoms with Crippen molar-refractivity contribution in [2.75, 3.05) is 18.4 Å². The van der Waals surface area contributed by atoms with E-state index in [0.717, 1.165) is 29.7 Å². The Kier molecular flexibility index (Phi) is 6.90. The molecule has 34 heavy (non-hydrogen) atoms. The van der Waals surface area contributed by atoms with Crippen LogP contribution in [0.3, 0.4) is 0 Å². The quantitative estimate of drug-likeness (QED) is 0.585. The monoisotopic (exact) mass is 462 g/mol. The number of amides is 3. The smallest absolute Gasteiger partial charge is 0.249 e. The van der Waals surface area contributed by atoms with Crippen LogP contribution >= 0.6 is 0 Å². The van der Waals surface area contributed by atoms with Gasteiger partial charge in [0.1, 0.15) is 0 Å². The summed E-state index contributed by atoms with van der Waals surface area (Å²) < 4.78 is 1.70. The van der Waals surface area contributed by atoms with Crippen LogP contribution < -0.4 is 10.6 Å². The van der Waals surface area contributed by atoms with E-state index in [1.54, 1.807) is 4.52 Å². The van der Waals surface area contributed by atoms with Gasteiger partial charge in [0.05, 0.1) is 12.1 Å². The average molecular weight is 463 g/mol. The molecule has 3 aromatic rings. The second kappa shape index (κ2) is 10.0. The number of piperidine rings is 1. The Morgan fingerprint density at radius 3 is 2.41 bits per heavy atom. The lowest BCUT2D eigenvalue weighted by molar-refractivity contribution is -0.131. The number of hydrogen-bond donors (Lipinski definition) is 2. The maximum absolute atomic E-state index is 12.7. The molecule has 0 aliphatic carbocycles. The predicted molar refractivity (Wildman–Crippen MR) is 129 cm³/mol. The number of benzene rings is 1. The second-order valence-electron chi connectivity index (χ2n) is 8.99. The van der Waals surface area contributed by atoms with E-state index in [4.69, 9.17) is 0 Å². The summed E-state index contributed by atoms with van der Waals surface area (Å²) in [5.41, 5.74) is 3.35. The third kappa shape index (κ3) is 5.41. The van der Waals surface area contributed by atoms with Crippen LogP contribution in [0.5, 0.6) is 0 Å². The summed E-state index contributed by atoms with van der Waals surface area (Å²) in [5.74, 6) is 0.0484. The molecule has 1 saturated heterocycles. The molecule has 9 heteroatoms. The van der Waals surface area contributed by atoms with E-state index >= 15 is 0 Å². The summed E-state index contributed by atoms with van der Waals surface area (Å²) in [6, 6.07) is 13.7. The first-order valence-electron chi connectivity index (χ1n) is 11.6. The highest BCUT2D eigenvalue weighted by Crippen LogP contribution is 2.22. The molecule has 1 aliphatic heterocycles. The van der Waals surface area contributed by atoms with Crippen molar-refractivity contribution in [3.63, 3.8) is 0 Å². The zero-order valence-corrected chi connectivity index (χ0v) is 19.7. The molecular weight excluding hydrogens is 432 g/mol. The molecular formula is C25H30N6O3. The van der Waals surface area contributed by atoms with Gasteiger partial charge in [0.2, 0.25) is 23.7 Å². The molecule has 2 aromatic heterocycles. The van der Waals surface area contributed by atoms with Crippen LogP contribution in [0.15, 0.2) is 42.5 Å². The third-order valence-corrected chi connectivity index (χ3v) is 5.98. The molecule has 1 aromatic carbocycles. The molecule has 9 nitrogen and oxygen atoms in total. The van der Waals surface area contributed by atoms with Gasteiger partial charge >= 0.3 is 0 Å². The topological polar surface area (TPSA) is 109 Å². The van der Waals surface area contributed by atoms with Crippen LogP contribution in [0.2, 0.25) is 0 Å². The molecule has 1 fully saturated rings. The summed E-state index contributed by atoms with van der Waals surface area (Å²) >= 11 is 0. The normalized spacial score (nSPS) is 14.4. The lowest BCUT2D eigenvalue weighted by Gasteiger charge is -2.32. The average Bonchev–Trinajstić information content (AvgIpc) is 3.22. The Labute approximate surface area is 198 Å². The standard InChI is InChI=1S/C25H30N6O3/c1-16(2)24(34)28-25-27-22-6-4-5-21(31(22)29-25)19-9-7-18(8-10-19)15-23(33)30-13-11-20(12-14-30)26-17(3)32/h4-10,16,20H,11-15H2,1-3H3,(H,26,32)(H,28,29,34). The molecule has 1 aliphatic rings. The van der Waals surface area contributed by atoms with Crippen molar-refractivity contribution < 1.29 is 14.4 Å². The number of pyridine rings is 1. The minimum atomic E-state index is -0.162. The van der Waals surface area contributed by atoms with Crippen LogP contribution in [0.1, 0.15) is 39.2 Å². The lowest BCUT2D eigenvalue weighted by Crippen LogP contribution is -2.46. The highest BCUT2D eigenvalue weighted by atomic mass is 16.2. The van der Waals surface area contributed by atoms with E-state index in [1.807, 2.05) is 61.2 Å². The van der Waals surface area contributed by atoms with Gasteiger partial charge in [0, 0.05) is 37.5 Å². The summed E-state index contributed by atoms with van der Waals surface area (Å²) in [5, 5.41) is 10.1. The van der Waals surface area contributed by atoms with Crippen molar-refractivity contribution in [2.45, 2.75) is 46.1 Å². The highest BCUT2D eigenvalue weighted by Gasteiger charge is 2.23. The van der Waals surface area contributed by atoms with Crippen molar-refractivity contribution in [3.05, 3.63) is 48.0 Å². The van der Waals surface area contributed by atoms with Gasteiger partial charge in [-0.2, -0.15) is 4.98 Å². The Bertz CT molecular complexity index is 1190. The Morgan fingerprint density at radius 1 is 1.06 bits per heavy atom. The number of carbonyl (C=O) groups excluding carboxylic acids is 3. The lowest BCUT2D eigenvalue weighted by atomic mass is 10.0. The number of hydrogen-bond acceptors (Lipinski definition) is 5. The summed E-state index contributed by atoms with van der Waals surface area (Å²) in [4.78, 5) is 42.2. The molecule has 4 rings (SSSR count). The molecule has 0 spiro atoms. The number of carbonyl (C=O) groups is 3. The number of aromatic nitrogens is 3. The number of rotatable bonds is 6. The first-order valence-corrected chi connectivity index (χ1v) is 11.6. The van der Waals surface area contributed by atoms with Crippen LogP contribution in [0.25, 0.3) is 16.9 Å². The summed E-state index contributed by atoms with van der Waals surface area (Å²) in [6.07, 6.45) is 1.90. The predicted octanol–water partition coefficient (Wildman–Crippen LogP) is 2.66. The Morgan fingerprint density at radius 2 is 1.76 bits per heavy atom. The SMILES string of the molecule is CC(=O)NC1CCN(C(=O)Cc2ccc(-c3cccc4nc(NC(=O)C(C)C)nn34)cc2)CC1. The van der Waals surface area contributed by atoms with Crippen molar-refractivity contribution in [3.8, 4) is 11.3 Å². The van der Waals surface area contributed by atoms with Gasteiger partial charge in [0.25, 0.3) is 0 Å². The van der Waals surface area contributed by atoms with Crippen LogP contribution in [0, 0.1) is 5.92 Å². The van der Waals surface area contributed by atoms with E-state index in [-0.39, 0.29) is 35.6 Å². The first kappa shape index (κ1) is 23.4. The second-order valence-corrected chi connectivity index (χ2v) is 8.99. The number of anilines is 1. The van der Waals surface area contributed by atoms with E-state index in [0.29, 0.717) is 25.2 Å². The fraction of sp³-hybridized carbons (Fsp3) is 0.400. The number of nitrogens with zero attached hydrogens (tertiary/aromatic N) is 4. The Hall–Kier alpha value is -3.75. The minimum absolute atomic E-state index is 0.0250. The molecule has 3 amide bonds. The van der Waals surface area contributed by atoms with Gasteiger partial charge in [-0.05, 0) is 30.5 Å². The van der Waals surface area contributed by atoms with E-state index in [9.17, 15) is 14.4 Å². The molecule has 2 N–H and O–H groups in total.